The van der Waals surface area contributed by atoms with Gasteiger partial charge in [-0.05, 0) is 37.5 Å². The number of hydrogen-bond donors (Lipinski definition) is 2. The molecule has 2 N–H and O–H groups in total. The SMILES string of the molecule is O=C(NC1CCC(F)(F)CC1)NC1CC12CCCC2. The molecule has 3 aliphatic rings. The minimum atomic E-state index is -2.53. The van der Waals surface area contributed by atoms with Crippen molar-refractivity contribution in [1.82, 2.24) is 10.6 Å². The van der Waals surface area contributed by atoms with Gasteiger partial charge in [-0.1, -0.05) is 12.8 Å². The highest BCUT2D eigenvalue weighted by Gasteiger charge is 2.55. The van der Waals surface area contributed by atoms with E-state index in [0.717, 1.165) is 6.42 Å². The normalized spacial score (nSPS) is 32.2. The highest BCUT2D eigenvalue weighted by atomic mass is 19.3. The Bertz CT molecular complexity index is 356. The number of urea groups is 1. The predicted octanol–water partition coefficient (Wildman–Crippen LogP) is 3.20. The number of amides is 2. The Hall–Kier alpha value is -0.870. The molecule has 1 atom stereocenters. The average molecular weight is 272 g/mol. The van der Waals surface area contributed by atoms with E-state index in [2.05, 4.69) is 10.6 Å². The Balaban J connectivity index is 1.40. The average Bonchev–Trinajstić information content (AvgIpc) is 2.79. The molecular formula is C14H22F2N2O. The van der Waals surface area contributed by atoms with E-state index in [-0.39, 0.29) is 24.9 Å². The third-order valence-corrected chi connectivity index (χ3v) is 5.15. The van der Waals surface area contributed by atoms with Crippen LogP contribution in [0.5, 0.6) is 0 Å². The van der Waals surface area contributed by atoms with Gasteiger partial charge in [0, 0.05) is 24.9 Å². The molecule has 0 aromatic heterocycles. The molecule has 108 valence electrons. The van der Waals surface area contributed by atoms with E-state index in [1.54, 1.807) is 0 Å². The van der Waals surface area contributed by atoms with Crippen LogP contribution in [0.25, 0.3) is 0 Å². The topological polar surface area (TPSA) is 41.1 Å². The van der Waals surface area contributed by atoms with Crippen molar-refractivity contribution in [2.24, 2.45) is 5.41 Å². The molecule has 5 heteroatoms. The third kappa shape index (κ3) is 2.84. The van der Waals surface area contributed by atoms with Crippen molar-refractivity contribution in [1.29, 1.82) is 0 Å². The first kappa shape index (κ1) is 13.1. The summed E-state index contributed by atoms with van der Waals surface area (Å²) in [6, 6.07) is 0.0712. The van der Waals surface area contributed by atoms with Gasteiger partial charge in [0.15, 0.2) is 0 Å². The van der Waals surface area contributed by atoms with Gasteiger partial charge in [-0.25, -0.2) is 13.6 Å². The van der Waals surface area contributed by atoms with Crippen molar-refractivity contribution < 1.29 is 13.6 Å². The van der Waals surface area contributed by atoms with Gasteiger partial charge in [0.2, 0.25) is 5.92 Å². The third-order valence-electron chi connectivity index (χ3n) is 5.15. The van der Waals surface area contributed by atoms with E-state index in [0.29, 0.717) is 24.3 Å². The first-order chi connectivity index (χ1) is 8.99. The Morgan fingerprint density at radius 2 is 1.63 bits per heavy atom. The van der Waals surface area contributed by atoms with Crippen LogP contribution < -0.4 is 10.6 Å². The fourth-order valence-electron chi connectivity index (χ4n) is 3.75. The highest BCUT2D eigenvalue weighted by molar-refractivity contribution is 5.75. The number of alkyl halides is 2. The second-order valence-electron chi connectivity index (χ2n) is 6.57. The van der Waals surface area contributed by atoms with E-state index >= 15 is 0 Å². The van der Waals surface area contributed by atoms with Crippen LogP contribution in [-0.2, 0) is 0 Å². The van der Waals surface area contributed by atoms with Crippen LogP contribution in [0.3, 0.4) is 0 Å². The molecule has 0 radical (unpaired) electrons. The summed E-state index contributed by atoms with van der Waals surface area (Å²) in [5.41, 5.74) is 0.386. The number of rotatable bonds is 2. The molecule has 3 fully saturated rings. The van der Waals surface area contributed by atoms with Gasteiger partial charge in [-0.2, -0.15) is 0 Å². The van der Waals surface area contributed by atoms with Gasteiger partial charge in [-0.3, -0.25) is 0 Å². The van der Waals surface area contributed by atoms with Crippen molar-refractivity contribution in [3.05, 3.63) is 0 Å². The summed E-state index contributed by atoms with van der Waals surface area (Å²) in [5, 5.41) is 5.87. The first-order valence-electron chi connectivity index (χ1n) is 7.44. The molecule has 3 rings (SSSR count). The van der Waals surface area contributed by atoms with Crippen LogP contribution in [-0.4, -0.2) is 24.0 Å². The molecule has 0 aromatic carbocycles. The summed E-state index contributed by atoms with van der Waals surface area (Å²) in [4.78, 5) is 11.9. The van der Waals surface area contributed by atoms with Gasteiger partial charge < -0.3 is 10.6 Å². The lowest BCUT2D eigenvalue weighted by Gasteiger charge is -2.28. The standard InChI is InChI=1S/C14H22F2N2O/c15-14(16)7-3-10(4-8-14)17-12(19)18-11-9-13(11)5-1-2-6-13/h10-11H,1-9H2,(H2,17,18,19). The second-order valence-corrected chi connectivity index (χ2v) is 6.57. The molecule has 0 aromatic rings. The Labute approximate surface area is 112 Å². The molecule has 2 amide bonds. The predicted molar refractivity (Wildman–Crippen MR) is 68.2 cm³/mol. The molecule has 0 heterocycles. The number of carbonyl (C=O) groups excluding carboxylic acids is 1. The minimum Gasteiger partial charge on any atom is -0.335 e. The lowest BCUT2D eigenvalue weighted by Crippen LogP contribution is -2.46. The van der Waals surface area contributed by atoms with Crippen LogP contribution in [0, 0.1) is 5.41 Å². The van der Waals surface area contributed by atoms with Crippen LogP contribution in [0.1, 0.15) is 57.8 Å². The van der Waals surface area contributed by atoms with Gasteiger partial charge in [-0.15, -0.1) is 0 Å². The van der Waals surface area contributed by atoms with E-state index in [1.807, 2.05) is 0 Å². The maximum atomic E-state index is 13.0. The maximum Gasteiger partial charge on any atom is 0.315 e. The lowest BCUT2D eigenvalue weighted by molar-refractivity contribution is -0.0395. The molecule has 0 saturated heterocycles. The van der Waals surface area contributed by atoms with Crippen LogP contribution in [0.4, 0.5) is 13.6 Å². The fraction of sp³-hybridized carbons (Fsp3) is 0.929. The summed E-state index contributed by atoms with van der Waals surface area (Å²) in [7, 11) is 0. The Morgan fingerprint density at radius 3 is 2.26 bits per heavy atom. The van der Waals surface area contributed by atoms with Gasteiger partial charge >= 0.3 is 6.03 Å². The molecule has 3 saturated carbocycles. The van der Waals surface area contributed by atoms with Crippen molar-refractivity contribution in [2.45, 2.75) is 75.8 Å². The Morgan fingerprint density at radius 1 is 1.00 bits per heavy atom. The van der Waals surface area contributed by atoms with Crippen molar-refractivity contribution >= 4 is 6.03 Å². The number of hydrogen-bond acceptors (Lipinski definition) is 1. The number of nitrogens with one attached hydrogen (secondary N) is 2. The zero-order chi connectivity index (χ0) is 13.5. The monoisotopic (exact) mass is 272 g/mol. The zero-order valence-corrected chi connectivity index (χ0v) is 11.2. The molecule has 1 spiro atoms. The van der Waals surface area contributed by atoms with Crippen molar-refractivity contribution in [3.8, 4) is 0 Å². The summed E-state index contributed by atoms with van der Waals surface area (Å²) in [5.74, 6) is -2.53. The summed E-state index contributed by atoms with van der Waals surface area (Å²) >= 11 is 0. The van der Waals surface area contributed by atoms with E-state index in [4.69, 9.17) is 0 Å². The fourth-order valence-corrected chi connectivity index (χ4v) is 3.75. The van der Waals surface area contributed by atoms with Gasteiger partial charge in [0.05, 0.1) is 0 Å². The number of carbonyl (C=O) groups is 1. The second kappa shape index (κ2) is 4.60. The molecule has 3 nitrogen and oxygen atoms in total. The lowest BCUT2D eigenvalue weighted by atomic mass is 9.92. The van der Waals surface area contributed by atoms with Crippen LogP contribution in [0.15, 0.2) is 0 Å². The molecule has 3 aliphatic carbocycles. The molecule has 1 unspecified atom stereocenters. The molecule has 0 bridgehead atoms. The largest absolute Gasteiger partial charge is 0.335 e. The maximum absolute atomic E-state index is 13.0. The molecular weight excluding hydrogens is 250 g/mol. The molecule has 19 heavy (non-hydrogen) atoms. The van der Waals surface area contributed by atoms with Crippen molar-refractivity contribution in [3.63, 3.8) is 0 Å². The van der Waals surface area contributed by atoms with E-state index in [9.17, 15) is 13.6 Å². The number of halogens is 2. The summed E-state index contributed by atoms with van der Waals surface area (Å²) < 4.78 is 26.0. The quantitative estimate of drug-likeness (QED) is 0.796. The van der Waals surface area contributed by atoms with E-state index < -0.39 is 5.92 Å². The van der Waals surface area contributed by atoms with Crippen LogP contribution in [0.2, 0.25) is 0 Å². The molecule has 0 aliphatic heterocycles. The summed E-state index contributed by atoms with van der Waals surface area (Å²) in [6.45, 7) is 0. The summed E-state index contributed by atoms with van der Waals surface area (Å²) in [6.07, 6.45) is 6.67. The first-order valence-corrected chi connectivity index (χ1v) is 7.44. The van der Waals surface area contributed by atoms with E-state index in [1.165, 1.54) is 25.7 Å². The van der Waals surface area contributed by atoms with Gasteiger partial charge in [0.1, 0.15) is 0 Å². The van der Waals surface area contributed by atoms with Crippen molar-refractivity contribution in [2.75, 3.05) is 0 Å². The highest BCUT2D eigenvalue weighted by Crippen LogP contribution is 2.57. The van der Waals surface area contributed by atoms with Crippen LogP contribution >= 0.6 is 0 Å². The van der Waals surface area contributed by atoms with Gasteiger partial charge in [0.25, 0.3) is 0 Å². The minimum absolute atomic E-state index is 0.0853. The zero-order valence-electron chi connectivity index (χ0n) is 11.2. The Kier molecular flexibility index (Phi) is 3.18. The smallest absolute Gasteiger partial charge is 0.315 e.